The molecule has 0 radical (unpaired) electrons. The molecular weight excluding hydrogens is 530 g/mol. The molecule has 0 saturated carbocycles. The van der Waals surface area contributed by atoms with Gasteiger partial charge < -0.3 is 19.9 Å². The summed E-state index contributed by atoms with van der Waals surface area (Å²) in [6, 6.07) is 15.6. The van der Waals surface area contributed by atoms with E-state index in [-0.39, 0.29) is 52.4 Å². The summed E-state index contributed by atoms with van der Waals surface area (Å²) >= 11 is 0. The van der Waals surface area contributed by atoms with Gasteiger partial charge in [-0.25, -0.2) is 23.4 Å². The topological polar surface area (TPSA) is 139 Å². The lowest BCUT2D eigenvalue weighted by atomic mass is 9.82. The van der Waals surface area contributed by atoms with E-state index in [2.05, 4.69) is 40.7 Å². The molecule has 2 N–H and O–H groups in total. The Bertz CT molecular complexity index is 1550. The SMILES string of the molecule is CCC(C)(C)c1ccc(S(=O)(=O)Cc2nc(-c3ncccn3)nc(OCCN)c2Oc2ccccc2OC)cc1. The third-order valence-corrected chi connectivity index (χ3v) is 8.16. The van der Waals surface area contributed by atoms with E-state index < -0.39 is 15.6 Å². The fraction of sp³-hybridized carbons (Fsp3) is 0.310. The van der Waals surface area contributed by atoms with Crippen molar-refractivity contribution >= 4 is 9.84 Å². The molecule has 4 rings (SSSR count). The number of nitrogens with zero attached hydrogens (tertiary/aromatic N) is 4. The van der Waals surface area contributed by atoms with Gasteiger partial charge in [-0.2, -0.15) is 4.98 Å². The number of ether oxygens (including phenoxy) is 3. The van der Waals surface area contributed by atoms with Gasteiger partial charge in [0.1, 0.15) is 18.1 Å². The van der Waals surface area contributed by atoms with Gasteiger partial charge in [0.05, 0.1) is 12.0 Å². The molecule has 0 spiro atoms. The van der Waals surface area contributed by atoms with Crippen molar-refractivity contribution in [2.24, 2.45) is 5.73 Å². The highest BCUT2D eigenvalue weighted by Gasteiger charge is 2.27. The first kappa shape index (κ1) is 28.9. The van der Waals surface area contributed by atoms with Crippen LogP contribution in [0.15, 0.2) is 71.9 Å². The monoisotopic (exact) mass is 563 g/mol. The predicted molar refractivity (Wildman–Crippen MR) is 151 cm³/mol. The first-order chi connectivity index (χ1) is 19.2. The fourth-order valence-electron chi connectivity index (χ4n) is 3.84. The molecule has 210 valence electrons. The summed E-state index contributed by atoms with van der Waals surface area (Å²) in [5, 5.41) is 0. The van der Waals surface area contributed by atoms with Crippen LogP contribution in [0.25, 0.3) is 11.6 Å². The average Bonchev–Trinajstić information content (AvgIpc) is 2.97. The molecule has 0 aliphatic heterocycles. The summed E-state index contributed by atoms with van der Waals surface area (Å²) in [5.41, 5.74) is 6.74. The molecule has 0 saturated heterocycles. The quantitative estimate of drug-likeness (QED) is 0.257. The molecule has 0 aliphatic carbocycles. The third kappa shape index (κ3) is 6.54. The zero-order chi connectivity index (χ0) is 28.8. The maximum atomic E-state index is 13.7. The van der Waals surface area contributed by atoms with Gasteiger partial charge in [0.2, 0.25) is 11.6 Å². The first-order valence-electron chi connectivity index (χ1n) is 12.8. The molecule has 0 amide bonds. The Morgan fingerprint density at radius 2 is 1.57 bits per heavy atom. The van der Waals surface area contributed by atoms with Crippen molar-refractivity contribution < 1.29 is 22.6 Å². The van der Waals surface area contributed by atoms with Crippen molar-refractivity contribution in [2.45, 2.75) is 43.3 Å². The molecule has 0 atom stereocenters. The minimum atomic E-state index is -3.87. The van der Waals surface area contributed by atoms with Crippen LogP contribution in [0.2, 0.25) is 0 Å². The molecule has 11 heteroatoms. The van der Waals surface area contributed by atoms with Crippen LogP contribution < -0.4 is 19.9 Å². The molecule has 2 aromatic carbocycles. The average molecular weight is 564 g/mol. The first-order valence-corrected chi connectivity index (χ1v) is 14.5. The third-order valence-electron chi connectivity index (χ3n) is 6.51. The van der Waals surface area contributed by atoms with Gasteiger partial charge in [-0.15, -0.1) is 0 Å². The van der Waals surface area contributed by atoms with Crippen molar-refractivity contribution in [3.8, 4) is 34.8 Å². The Labute approximate surface area is 234 Å². The van der Waals surface area contributed by atoms with Crippen molar-refractivity contribution in [1.29, 1.82) is 0 Å². The van der Waals surface area contributed by atoms with Crippen LogP contribution >= 0.6 is 0 Å². The van der Waals surface area contributed by atoms with Crippen LogP contribution in [0, 0.1) is 0 Å². The van der Waals surface area contributed by atoms with Crippen molar-refractivity contribution in [2.75, 3.05) is 20.3 Å². The lowest BCUT2D eigenvalue weighted by Gasteiger charge is -2.23. The summed E-state index contributed by atoms with van der Waals surface area (Å²) in [7, 11) is -2.36. The molecule has 10 nitrogen and oxygen atoms in total. The molecule has 4 aromatic rings. The predicted octanol–water partition coefficient (Wildman–Crippen LogP) is 4.73. The molecule has 40 heavy (non-hydrogen) atoms. The molecule has 0 aliphatic rings. The van der Waals surface area contributed by atoms with Crippen LogP contribution in [-0.2, 0) is 21.0 Å². The van der Waals surface area contributed by atoms with Gasteiger partial charge in [-0.05, 0) is 47.7 Å². The van der Waals surface area contributed by atoms with Crippen LogP contribution in [0.5, 0.6) is 23.1 Å². The van der Waals surface area contributed by atoms with E-state index >= 15 is 0 Å². The minimum absolute atomic E-state index is 0.0130. The second-order valence-electron chi connectivity index (χ2n) is 9.61. The van der Waals surface area contributed by atoms with Crippen LogP contribution in [-0.4, -0.2) is 48.6 Å². The Hall–Kier alpha value is -4.09. The molecular formula is C29H33N5O5S. The van der Waals surface area contributed by atoms with Crippen LogP contribution in [0.3, 0.4) is 0 Å². The van der Waals surface area contributed by atoms with Gasteiger partial charge >= 0.3 is 0 Å². The second kappa shape index (κ2) is 12.4. The minimum Gasteiger partial charge on any atom is -0.493 e. The number of sulfone groups is 1. The number of hydrogen-bond acceptors (Lipinski definition) is 10. The van der Waals surface area contributed by atoms with E-state index in [1.165, 1.54) is 7.11 Å². The number of nitrogens with two attached hydrogens (primary N) is 1. The summed E-state index contributed by atoms with van der Waals surface area (Å²) in [6.07, 6.45) is 4.00. The summed E-state index contributed by atoms with van der Waals surface area (Å²) in [5.74, 6) is 0.614. The number of benzene rings is 2. The number of para-hydroxylation sites is 2. The molecule has 0 fully saturated rings. The maximum absolute atomic E-state index is 13.7. The standard InChI is InChI=1S/C29H33N5O5S/c1-5-29(2,3)20-11-13-21(14-12-20)40(35,36)19-22-25(39-24-10-7-6-9-23(24)37-4)28(38-18-15-30)34-27(33-22)26-31-16-8-17-32-26/h6-14,16-17H,5,15,18-19,30H2,1-4H3. The Morgan fingerprint density at radius 3 is 2.20 bits per heavy atom. The van der Waals surface area contributed by atoms with E-state index in [4.69, 9.17) is 19.9 Å². The number of aromatic nitrogens is 4. The zero-order valence-corrected chi connectivity index (χ0v) is 23.8. The highest BCUT2D eigenvalue weighted by atomic mass is 32.2. The van der Waals surface area contributed by atoms with Gasteiger partial charge in [-0.3, -0.25) is 0 Å². The highest BCUT2D eigenvalue weighted by Crippen LogP contribution is 2.39. The summed E-state index contributed by atoms with van der Waals surface area (Å²) in [4.78, 5) is 17.6. The Morgan fingerprint density at radius 1 is 0.900 bits per heavy atom. The van der Waals surface area contributed by atoms with E-state index in [1.807, 2.05) is 12.1 Å². The Balaban J connectivity index is 1.84. The Kier molecular flexibility index (Phi) is 8.96. The van der Waals surface area contributed by atoms with Gasteiger partial charge in [-0.1, -0.05) is 45.0 Å². The summed E-state index contributed by atoms with van der Waals surface area (Å²) in [6.45, 7) is 6.64. The number of rotatable bonds is 12. The smallest absolute Gasteiger partial charge is 0.261 e. The second-order valence-corrected chi connectivity index (χ2v) is 11.6. The lowest BCUT2D eigenvalue weighted by Crippen LogP contribution is -2.16. The normalized spacial score (nSPS) is 11.7. The van der Waals surface area contributed by atoms with Crippen LogP contribution in [0.4, 0.5) is 0 Å². The lowest BCUT2D eigenvalue weighted by molar-refractivity contribution is 0.294. The van der Waals surface area contributed by atoms with E-state index in [1.54, 1.807) is 54.9 Å². The molecule has 0 unspecified atom stereocenters. The van der Waals surface area contributed by atoms with Crippen molar-refractivity contribution in [3.05, 3.63) is 78.2 Å². The number of hydrogen-bond donors (Lipinski definition) is 1. The highest BCUT2D eigenvalue weighted by molar-refractivity contribution is 7.90. The van der Waals surface area contributed by atoms with E-state index in [0.29, 0.717) is 11.5 Å². The fourth-order valence-corrected chi connectivity index (χ4v) is 5.11. The van der Waals surface area contributed by atoms with Gasteiger partial charge in [0.15, 0.2) is 27.2 Å². The molecule has 2 heterocycles. The van der Waals surface area contributed by atoms with E-state index in [0.717, 1.165) is 12.0 Å². The molecule has 2 aromatic heterocycles. The van der Waals surface area contributed by atoms with Gasteiger partial charge in [0.25, 0.3) is 5.88 Å². The maximum Gasteiger partial charge on any atom is 0.261 e. The van der Waals surface area contributed by atoms with Crippen molar-refractivity contribution in [1.82, 2.24) is 19.9 Å². The number of methoxy groups -OCH3 is 1. The van der Waals surface area contributed by atoms with Gasteiger partial charge in [0, 0.05) is 18.9 Å². The van der Waals surface area contributed by atoms with E-state index in [9.17, 15) is 8.42 Å². The van der Waals surface area contributed by atoms with Crippen LogP contribution in [0.1, 0.15) is 38.4 Å². The van der Waals surface area contributed by atoms with Crippen molar-refractivity contribution in [3.63, 3.8) is 0 Å². The largest absolute Gasteiger partial charge is 0.493 e. The molecule has 0 bridgehead atoms. The zero-order valence-electron chi connectivity index (χ0n) is 23.0. The summed E-state index contributed by atoms with van der Waals surface area (Å²) < 4.78 is 44.8.